The number of anilines is 1. The van der Waals surface area contributed by atoms with Gasteiger partial charge in [-0.3, -0.25) is 4.21 Å². The van der Waals surface area contributed by atoms with Crippen LogP contribution in [0.1, 0.15) is 10.4 Å². The average molecular weight is 344 g/mol. The van der Waals surface area contributed by atoms with Gasteiger partial charge in [-0.15, -0.1) is 11.3 Å². The van der Waals surface area contributed by atoms with Crippen molar-refractivity contribution < 1.29 is 4.21 Å². The van der Waals surface area contributed by atoms with Gasteiger partial charge in [0.15, 0.2) is 0 Å². The second kappa shape index (κ2) is 6.50. The topological polar surface area (TPSA) is 29.1 Å². The zero-order valence-corrected chi connectivity index (χ0v) is 13.2. The Labute approximate surface area is 122 Å². The van der Waals surface area contributed by atoms with Gasteiger partial charge >= 0.3 is 0 Å². The summed E-state index contributed by atoms with van der Waals surface area (Å²) in [5.41, 5.74) is 2.18. The highest BCUT2D eigenvalue weighted by Crippen LogP contribution is 2.23. The molecular formula is C13H14BrNOS2. The summed E-state index contributed by atoms with van der Waals surface area (Å²) in [7, 11) is -0.793. The SMILES string of the molecule is C[S@@](=O)Cc1cccc(NCc2ccc(Br)s2)c1. The Morgan fingerprint density at radius 3 is 2.83 bits per heavy atom. The Morgan fingerprint density at radius 1 is 1.33 bits per heavy atom. The van der Waals surface area contributed by atoms with Crippen molar-refractivity contribution in [3.05, 3.63) is 50.6 Å². The van der Waals surface area contributed by atoms with Gasteiger partial charge in [0.25, 0.3) is 0 Å². The molecule has 0 aliphatic carbocycles. The quantitative estimate of drug-likeness (QED) is 0.888. The molecule has 1 atom stereocenters. The predicted octanol–water partition coefficient (Wildman–Crippen LogP) is 4.00. The van der Waals surface area contributed by atoms with Crippen molar-refractivity contribution in [1.29, 1.82) is 0 Å². The van der Waals surface area contributed by atoms with Crippen molar-refractivity contribution in [2.75, 3.05) is 11.6 Å². The molecule has 18 heavy (non-hydrogen) atoms. The standard InChI is InChI=1S/C13H14BrNOS2/c1-18(16)9-10-3-2-4-11(7-10)15-8-12-5-6-13(14)17-12/h2-7,15H,8-9H2,1H3/t18-/m1/s1. The number of halogens is 1. The Kier molecular flexibility index (Phi) is 4.97. The smallest absolute Gasteiger partial charge is 0.0702 e. The van der Waals surface area contributed by atoms with Crippen LogP contribution in [0.4, 0.5) is 5.69 Å². The number of hydrogen-bond donors (Lipinski definition) is 1. The van der Waals surface area contributed by atoms with E-state index in [1.165, 1.54) is 4.88 Å². The lowest BCUT2D eigenvalue weighted by atomic mass is 10.2. The lowest BCUT2D eigenvalue weighted by molar-refractivity contribution is 0.686. The maximum atomic E-state index is 11.2. The first-order chi connectivity index (χ1) is 8.63. The minimum Gasteiger partial charge on any atom is -0.380 e. The van der Waals surface area contributed by atoms with Crippen LogP contribution in [-0.4, -0.2) is 10.5 Å². The van der Waals surface area contributed by atoms with E-state index in [0.29, 0.717) is 5.75 Å². The largest absolute Gasteiger partial charge is 0.380 e. The number of benzene rings is 1. The first-order valence-electron chi connectivity index (χ1n) is 5.50. The molecule has 96 valence electrons. The second-order valence-corrected chi connectivity index (χ2v) is 7.96. The molecule has 1 aromatic heterocycles. The summed E-state index contributed by atoms with van der Waals surface area (Å²) in [6.07, 6.45) is 1.73. The minimum atomic E-state index is -0.793. The van der Waals surface area contributed by atoms with Gasteiger partial charge in [-0.05, 0) is 45.8 Å². The molecule has 2 rings (SSSR count). The van der Waals surface area contributed by atoms with Gasteiger partial charge in [0, 0.05) is 39.9 Å². The average Bonchev–Trinajstić information content (AvgIpc) is 2.72. The second-order valence-electron chi connectivity index (χ2n) is 3.98. The normalized spacial score (nSPS) is 12.3. The maximum Gasteiger partial charge on any atom is 0.0702 e. The third-order valence-corrected chi connectivity index (χ3v) is 4.76. The fourth-order valence-electron chi connectivity index (χ4n) is 1.64. The van der Waals surface area contributed by atoms with E-state index in [0.717, 1.165) is 21.6 Å². The first-order valence-corrected chi connectivity index (χ1v) is 8.84. The summed E-state index contributed by atoms with van der Waals surface area (Å²) in [6, 6.07) is 12.3. The van der Waals surface area contributed by atoms with E-state index in [1.807, 2.05) is 18.2 Å². The molecule has 0 spiro atoms. The third kappa shape index (κ3) is 4.23. The molecule has 0 amide bonds. The highest BCUT2D eigenvalue weighted by atomic mass is 79.9. The van der Waals surface area contributed by atoms with Crippen molar-refractivity contribution in [1.82, 2.24) is 0 Å². The van der Waals surface area contributed by atoms with E-state index in [1.54, 1.807) is 17.6 Å². The molecular weight excluding hydrogens is 330 g/mol. The molecule has 0 radical (unpaired) electrons. The van der Waals surface area contributed by atoms with E-state index in [4.69, 9.17) is 0 Å². The predicted molar refractivity (Wildman–Crippen MR) is 83.6 cm³/mol. The molecule has 2 aromatic rings. The summed E-state index contributed by atoms with van der Waals surface area (Å²) < 4.78 is 12.3. The molecule has 0 saturated heterocycles. The van der Waals surface area contributed by atoms with Crippen molar-refractivity contribution >= 4 is 43.8 Å². The van der Waals surface area contributed by atoms with Crippen LogP contribution in [0, 0.1) is 0 Å². The fourth-order valence-corrected chi connectivity index (χ4v) is 3.71. The van der Waals surface area contributed by atoms with Crippen molar-refractivity contribution in [3.63, 3.8) is 0 Å². The van der Waals surface area contributed by atoms with Crippen LogP contribution in [0.25, 0.3) is 0 Å². The first kappa shape index (κ1) is 13.8. The molecule has 0 aliphatic rings. The van der Waals surface area contributed by atoms with Gasteiger partial charge in [0.1, 0.15) is 0 Å². The highest BCUT2D eigenvalue weighted by Gasteiger charge is 2.00. The van der Waals surface area contributed by atoms with Gasteiger partial charge in [-0.25, -0.2) is 0 Å². The number of nitrogens with one attached hydrogen (secondary N) is 1. The molecule has 0 aliphatic heterocycles. The van der Waals surface area contributed by atoms with Crippen LogP contribution in [0.2, 0.25) is 0 Å². The van der Waals surface area contributed by atoms with Crippen LogP contribution in [0.3, 0.4) is 0 Å². The Balaban J connectivity index is 1.98. The van der Waals surface area contributed by atoms with E-state index < -0.39 is 10.8 Å². The van der Waals surface area contributed by atoms with Crippen molar-refractivity contribution in [2.45, 2.75) is 12.3 Å². The summed E-state index contributed by atoms with van der Waals surface area (Å²) in [5.74, 6) is 0.611. The number of thiophene rings is 1. The minimum absolute atomic E-state index is 0.611. The number of hydrogen-bond acceptors (Lipinski definition) is 3. The molecule has 1 aromatic carbocycles. The van der Waals surface area contributed by atoms with E-state index >= 15 is 0 Å². The Morgan fingerprint density at radius 2 is 2.17 bits per heavy atom. The molecule has 0 fully saturated rings. The van der Waals surface area contributed by atoms with Crippen molar-refractivity contribution in [3.8, 4) is 0 Å². The fraction of sp³-hybridized carbons (Fsp3) is 0.231. The van der Waals surface area contributed by atoms with Crippen LogP contribution in [0.5, 0.6) is 0 Å². The van der Waals surface area contributed by atoms with Crippen LogP contribution in [-0.2, 0) is 23.1 Å². The van der Waals surface area contributed by atoms with Gasteiger partial charge in [0.05, 0.1) is 3.79 Å². The zero-order chi connectivity index (χ0) is 13.0. The van der Waals surface area contributed by atoms with Gasteiger partial charge in [-0.1, -0.05) is 12.1 Å². The molecule has 5 heteroatoms. The molecule has 1 heterocycles. The Bertz CT molecular complexity index is 553. The Hall–Kier alpha value is -0.650. The molecule has 0 saturated carbocycles. The molecule has 0 bridgehead atoms. The monoisotopic (exact) mass is 343 g/mol. The highest BCUT2D eigenvalue weighted by molar-refractivity contribution is 9.11. The summed E-state index contributed by atoms with van der Waals surface area (Å²) in [4.78, 5) is 1.28. The van der Waals surface area contributed by atoms with E-state index in [-0.39, 0.29) is 0 Å². The lowest BCUT2D eigenvalue weighted by Gasteiger charge is -2.06. The number of rotatable bonds is 5. The molecule has 1 N–H and O–H groups in total. The zero-order valence-electron chi connectivity index (χ0n) is 9.98. The summed E-state index contributed by atoms with van der Waals surface area (Å²) in [6.45, 7) is 0.814. The third-order valence-electron chi connectivity index (χ3n) is 2.39. The van der Waals surface area contributed by atoms with Gasteiger partial charge in [0.2, 0.25) is 0 Å². The van der Waals surface area contributed by atoms with Crippen LogP contribution >= 0.6 is 27.3 Å². The van der Waals surface area contributed by atoms with Crippen LogP contribution in [0.15, 0.2) is 40.2 Å². The van der Waals surface area contributed by atoms with E-state index in [9.17, 15) is 4.21 Å². The lowest BCUT2D eigenvalue weighted by Crippen LogP contribution is -1.99. The van der Waals surface area contributed by atoms with Crippen molar-refractivity contribution in [2.24, 2.45) is 0 Å². The molecule has 2 nitrogen and oxygen atoms in total. The molecule has 0 unspecified atom stereocenters. The van der Waals surface area contributed by atoms with Gasteiger partial charge < -0.3 is 5.32 Å². The van der Waals surface area contributed by atoms with E-state index in [2.05, 4.69) is 39.4 Å². The van der Waals surface area contributed by atoms with Crippen LogP contribution < -0.4 is 5.32 Å². The maximum absolute atomic E-state index is 11.2. The van der Waals surface area contributed by atoms with Gasteiger partial charge in [-0.2, -0.15) is 0 Å². The summed E-state index contributed by atoms with van der Waals surface area (Å²) >= 11 is 5.18. The summed E-state index contributed by atoms with van der Waals surface area (Å²) in [5, 5.41) is 3.38.